The van der Waals surface area contributed by atoms with Gasteiger partial charge in [-0.2, -0.15) is 0 Å². The summed E-state index contributed by atoms with van der Waals surface area (Å²) in [4.78, 5) is 35.3. The highest BCUT2D eigenvalue weighted by Gasteiger charge is 2.31. The fourth-order valence-corrected chi connectivity index (χ4v) is 3.66. The van der Waals surface area contributed by atoms with Crippen molar-refractivity contribution in [3.05, 3.63) is 63.7 Å². The van der Waals surface area contributed by atoms with E-state index in [1.165, 1.54) is 7.11 Å². The van der Waals surface area contributed by atoms with Crippen LogP contribution in [0.5, 0.6) is 11.5 Å². The molecule has 4 N–H and O–H groups in total. The summed E-state index contributed by atoms with van der Waals surface area (Å²) in [5, 5.41) is 13.4. The molecule has 2 aromatic rings. The molecule has 0 atom stereocenters. The number of nitrogens with two attached hydrogens (primary N) is 1. The molecule has 1 aliphatic heterocycles. The summed E-state index contributed by atoms with van der Waals surface area (Å²) >= 11 is 0. The summed E-state index contributed by atoms with van der Waals surface area (Å²) < 4.78 is 10.5. The van der Waals surface area contributed by atoms with Gasteiger partial charge in [-0.3, -0.25) is 9.59 Å². The molecule has 8 nitrogen and oxygen atoms in total. The molecular formula is C24H26N2O6. The minimum atomic E-state index is -0.536. The van der Waals surface area contributed by atoms with E-state index in [0.717, 1.165) is 11.1 Å². The van der Waals surface area contributed by atoms with E-state index in [-0.39, 0.29) is 30.2 Å². The number of phenolic OH excluding ortho intramolecular Hbond substituents is 1. The van der Waals surface area contributed by atoms with Gasteiger partial charge in [0.05, 0.1) is 7.11 Å². The van der Waals surface area contributed by atoms with Gasteiger partial charge in [0, 0.05) is 28.8 Å². The summed E-state index contributed by atoms with van der Waals surface area (Å²) in [6.45, 7) is 3.85. The number of carbonyl (C=O) groups is 3. The van der Waals surface area contributed by atoms with Gasteiger partial charge >= 0.3 is 5.97 Å². The summed E-state index contributed by atoms with van der Waals surface area (Å²) in [7, 11) is 1.52. The van der Waals surface area contributed by atoms with Gasteiger partial charge in [0.25, 0.3) is 0 Å². The standard InChI is InChI=1S/C24H26N2O6/c1-13(5-11-19(27)26-16-8-6-15(7-9-16)23(25)29)4-10-17-21(28)20-18(12-32-24(20)30)14(2)22(17)31-3/h4,6-9,28H,5,10-12H2,1-3H3,(H2,25,29)(H,26,27)/b13-4+. The zero-order valence-corrected chi connectivity index (χ0v) is 18.3. The number of aromatic hydroxyl groups is 1. The molecule has 0 aromatic heterocycles. The first-order valence-electron chi connectivity index (χ1n) is 10.2. The van der Waals surface area contributed by atoms with Crippen molar-refractivity contribution in [3.8, 4) is 11.5 Å². The molecule has 0 saturated heterocycles. The molecule has 168 valence electrons. The Hall–Kier alpha value is -3.81. The highest BCUT2D eigenvalue weighted by atomic mass is 16.5. The molecule has 1 aliphatic rings. The van der Waals surface area contributed by atoms with Crippen LogP contribution in [-0.2, 0) is 22.6 Å². The van der Waals surface area contributed by atoms with Crippen molar-refractivity contribution in [2.75, 3.05) is 12.4 Å². The molecule has 0 radical (unpaired) electrons. The summed E-state index contributed by atoms with van der Waals surface area (Å²) in [6, 6.07) is 6.35. The van der Waals surface area contributed by atoms with Gasteiger partial charge in [0.1, 0.15) is 23.7 Å². The van der Waals surface area contributed by atoms with Crippen LogP contribution in [0.1, 0.15) is 57.2 Å². The Morgan fingerprint density at radius 2 is 1.94 bits per heavy atom. The molecule has 2 aromatic carbocycles. The minimum Gasteiger partial charge on any atom is -0.507 e. The molecule has 1 heterocycles. The van der Waals surface area contributed by atoms with Crippen molar-refractivity contribution in [1.29, 1.82) is 0 Å². The number of ether oxygens (including phenoxy) is 2. The SMILES string of the molecule is COc1c(C)c2c(c(O)c1C/C=C(\C)CCC(=O)Nc1ccc(C(N)=O)cc1)C(=O)OC2. The topological polar surface area (TPSA) is 128 Å². The number of fused-ring (bicyclic) bond motifs is 1. The number of hydrogen-bond acceptors (Lipinski definition) is 6. The van der Waals surface area contributed by atoms with Gasteiger partial charge in [0.2, 0.25) is 11.8 Å². The third-order valence-corrected chi connectivity index (χ3v) is 5.50. The smallest absolute Gasteiger partial charge is 0.342 e. The van der Waals surface area contributed by atoms with Gasteiger partial charge in [-0.25, -0.2) is 4.79 Å². The first-order chi connectivity index (χ1) is 15.2. The lowest BCUT2D eigenvalue weighted by Gasteiger charge is -2.15. The average molecular weight is 438 g/mol. The highest BCUT2D eigenvalue weighted by Crippen LogP contribution is 2.42. The van der Waals surface area contributed by atoms with Crippen LogP contribution in [0.4, 0.5) is 5.69 Å². The van der Waals surface area contributed by atoms with Gasteiger partial charge < -0.3 is 25.6 Å². The Bertz CT molecular complexity index is 1100. The number of anilines is 1. The van der Waals surface area contributed by atoms with Crippen LogP contribution in [0.25, 0.3) is 0 Å². The summed E-state index contributed by atoms with van der Waals surface area (Å²) in [5.41, 5.74) is 9.24. The lowest BCUT2D eigenvalue weighted by atomic mass is 9.94. The lowest BCUT2D eigenvalue weighted by Crippen LogP contribution is -2.13. The van der Waals surface area contributed by atoms with Crippen LogP contribution in [0, 0.1) is 6.92 Å². The first-order valence-corrected chi connectivity index (χ1v) is 10.2. The second-order valence-corrected chi connectivity index (χ2v) is 7.66. The average Bonchev–Trinajstić information content (AvgIpc) is 3.16. The number of allylic oxidation sites excluding steroid dienone is 2. The maximum absolute atomic E-state index is 12.2. The number of primary amides is 1. The molecule has 8 heteroatoms. The van der Waals surface area contributed by atoms with E-state index in [0.29, 0.717) is 41.0 Å². The fourth-order valence-electron chi connectivity index (χ4n) is 3.66. The molecule has 0 bridgehead atoms. The Morgan fingerprint density at radius 1 is 1.25 bits per heavy atom. The number of hydrogen-bond donors (Lipinski definition) is 3. The van der Waals surface area contributed by atoms with Gasteiger partial charge in [-0.05, 0) is 56.5 Å². The molecule has 0 unspecified atom stereocenters. The number of benzene rings is 2. The number of esters is 1. The summed E-state index contributed by atoms with van der Waals surface area (Å²) in [6.07, 6.45) is 3.02. The van der Waals surface area contributed by atoms with E-state index in [9.17, 15) is 19.5 Å². The zero-order chi connectivity index (χ0) is 23.4. The number of phenols is 1. The summed E-state index contributed by atoms with van der Waals surface area (Å²) in [5.74, 6) is -0.819. The van der Waals surface area contributed by atoms with E-state index in [4.69, 9.17) is 15.2 Å². The number of carbonyl (C=O) groups excluding carboxylic acids is 3. The van der Waals surface area contributed by atoms with Gasteiger partial charge in [0.15, 0.2) is 0 Å². The van der Waals surface area contributed by atoms with Crippen LogP contribution in [0.15, 0.2) is 35.9 Å². The minimum absolute atomic E-state index is 0.119. The third-order valence-electron chi connectivity index (χ3n) is 5.50. The normalized spacial score (nSPS) is 12.8. The molecule has 3 rings (SSSR count). The quantitative estimate of drug-likeness (QED) is 0.428. The van der Waals surface area contributed by atoms with Crippen molar-refractivity contribution in [3.63, 3.8) is 0 Å². The lowest BCUT2D eigenvalue weighted by molar-refractivity contribution is -0.116. The van der Waals surface area contributed by atoms with E-state index >= 15 is 0 Å². The van der Waals surface area contributed by atoms with Crippen LogP contribution < -0.4 is 15.8 Å². The van der Waals surface area contributed by atoms with Gasteiger partial charge in [-0.15, -0.1) is 0 Å². The maximum Gasteiger partial charge on any atom is 0.342 e. The molecular weight excluding hydrogens is 412 g/mol. The predicted molar refractivity (Wildman–Crippen MR) is 119 cm³/mol. The zero-order valence-electron chi connectivity index (χ0n) is 18.3. The van der Waals surface area contributed by atoms with Crippen LogP contribution in [0.3, 0.4) is 0 Å². The number of amides is 2. The predicted octanol–water partition coefficient (Wildman–Crippen LogP) is 3.39. The van der Waals surface area contributed by atoms with Gasteiger partial charge in [-0.1, -0.05) is 11.6 Å². The largest absolute Gasteiger partial charge is 0.507 e. The van der Waals surface area contributed by atoms with Crippen LogP contribution in [0.2, 0.25) is 0 Å². The molecule has 0 aliphatic carbocycles. The molecule has 0 spiro atoms. The van der Waals surface area contributed by atoms with Crippen molar-refractivity contribution < 1.29 is 29.0 Å². The van der Waals surface area contributed by atoms with Crippen LogP contribution >= 0.6 is 0 Å². The van der Waals surface area contributed by atoms with Crippen molar-refractivity contribution in [1.82, 2.24) is 0 Å². The highest BCUT2D eigenvalue weighted by molar-refractivity contribution is 5.98. The Labute approximate surface area is 186 Å². The number of methoxy groups -OCH3 is 1. The van der Waals surface area contributed by atoms with E-state index in [2.05, 4.69) is 5.32 Å². The third kappa shape index (κ3) is 4.74. The van der Waals surface area contributed by atoms with E-state index in [1.807, 2.05) is 19.9 Å². The van der Waals surface area contributed by atoms with Crippen molar-refractivity contribution in [2.45, 2.75) is 39.7 Å². The van der Waals surface area contributed by atoms with Crippen molar-refractivity contribution in [2.24, 2.45) is 5.73 Å². The molecule has 32 heavy (non-hydrogen) atoms. The second kappa shape index (κ2) is 9.55. The molecule has 0 fully saturated rings. The Balaban J connectivity index is 1.64. The molecule has 2 amide bonds. The fraction of sp³-hybridized carbons (Fsp3) is 0.292. The monoisotopic (exact) mass is 438 g/mol. The first kappa shape index (κ1) is 22.9. The Morgan fingerprint density at radius 3 is 2.56 bits per heavy atom. The number of nitrogens with one attached hydrogen (secondary N) is 1. The molecule has 0 saturated carbocycles. The second-order valence-electron chi connectivity index (χ2n) is 7.66. The van der Waals surface area contributed by atoms with Crippen molar-refractivity contribution >= 4 is 23.5 Å². The Kier molecular flexibility index (Phi) is 6.82. The van der Waals surface area contributed by atoms with E-state index in [1.54, 1.807) is 24.3 Å². The maximum atomic E-state index is 12.2. The number of rotatable bonds is 8. The number of cyclic esters (lactones) is 1. The van der Waals surface area contributed by atoms with E-state index < -0.39 is 11.9 Å². The van der Waals surface area contributed by atoms with Crippen LogP contribution in [-0.4, -0.2) is 30.0 Å².